The number of likely N-dealkylation sites (N-methyl/N-ethyl adjacent to an activating group) is 4. The zero-order chi connectivity index (χ0) is 37.9. The first-order chi connectivity index (χ1) is 24.0. The Morgan fingerprint density at radius 2 is 1.04 bits per heavy atom. The molecule has 9 atom stereocenters. The molecule has 1 saturated heterocycles. The third kappa shape index (κ3) is 13.4. The molecule has 0 radical (unpaired) electrons. The molecule has 0 spiro atoms. The van der Waals surface area contributed by atoms with E-state index in [1.54, 1.807) is 0 Å². The molecule has 0 amide bonds. The number of methoxy groups -OCH3 is 4. The molecule has 13 heteroatoms. The van der Waals surface area contributed by atoms with Gasteiger partial charge in [0, 0.05) is 40.2 Å². The van der Waals surface area contributed by atoms with Crippen molar-refractivity contribution in [1.29, 1.82) is 0 Å². The molecule has 0 aromatic heterocycles. The summed E-state index contributed by atoms with van der Waals surface area (Å²) in [5, 5.41) is 44.2. The number of alkyl halides is 1. The fourth-order valence-electron chi connectivity index (χ4n) is 7.42. The second kappa shape index (κ2) is 19.7. The van der Waals surface area contributed by atoms with Crippen molar-refractivity contribution in [2.75, 3.05) is 129 Å². The van der Waals surface area contributed by atoms with Gasteiger partial charge in [0.15, 0.2) is 0 Å². The Hall–Kier alpha value is -1.56. The van der Waals surface area contributed by atoms with Gasteiger partial charge in [0.1, 0.15) is 78.0 Å². The minimum atomic E-state index is -0.975. The van der Waals surface area contributed by atoms with Crippen molar-refractivity contribution in [3.63, 3.8) is 0 Å². The van der Waals surface area contributed by atoms with Crippen LogP contribution in [0.15, 0.2) is 48.5 Å². The normalized spacial score (nSPS) is 30.5. The van der Waals surface area contributed by atoms with Gasteiger partial charge in [-0.3, -0.25) is 0 Å². The number of ether oxygens (including phenoxy) is 4. The molecule has 2 aromatic carbocycles. The SMILES string of the molecule is COC(O)C[N+]1(C)CC[N+](C)(CC(O)OC)CC[N+](C)(CC(O)OC)C(Cc2ccc(-c3cccc(CBr)c3)cc2)C[N+](C)(CC(O)OC)CC1. The number of aliphatic hydroxyl groups is 4. The highest BCUT2D eigenvalue weighted by atomic mass is 79.9. The molecule has 3 rings (SSSR count). The molecule has 0 aliphatic carbocycles. The van der Waals surface area contributed by atoms with Crippen molar-refractivity contribution < 1.29 is 57.3 Å². The zero-order valence-electron chi connectivity index (χ0n) is 32.3. The molecule has 12 nitrogen and oxygen atoms in total. The molecule has 1 heterocycles. The Kier molecular flexibility index (Phi) is 16.9. The molecule has 290 valence electrons. The quantitative estimate of drug-likeness (QED) is 0.116. The third-order valence-corrected chi connectivity index (χ3v) is 12.0. The van der Waals surface area contributed by atoms with E-state index >= 15 is 0 Å². The van der Waals surface area contributed by atoms with Gasteiger partial charge in [0.2, 0.25) is 25.2 Å². The summed E-state index contributed by atoms with van der Waals surface area (Å²) >= 11 is 3.57. The van der Waals surface area contributed by atoms with Crippen LogP contribution in [0.4, 0.5) is 0 Å². The number of quaternary nitrogens is 4. The number of nitrogens with zero attached hydrogens (tertiary/aromatic N) is 4. The average molecular weight is 788 g/mol. The fourth-order valence-corrected chi connectivity index (χ4v) is 7.77. The minimum absolute atomic E-state index is 0.00465. The van der Waals surface area contributed by atoms with Gasteiger partial charge in [-0.25, -0.2) is 0 Å². The first kappa shape index (κ1) is 43.8. The Balaban J connectivity index is 2.13. The number of halogens is 1. The van der Waals surface area contributed by atoms with Gasteiger partial charge in [-0.05, 0) is 22.3 Å². The third-order valence-electron chi connectivity index (χ3n) is 11.3. The van der Waals surface area contributed by atoms with E-state index in [2.05, 4.69) is 92.7 Å². The Labute approximate surface area is 314 Å². The molecule has 0 bridgehead atoms. The molecule has 9 unspecified atom stereocenters. The van der Waals surface area contributed by atoms with Gasteiger partial charge in [0.25, 0.3) is 0 Å². The predicted molar refractivity (Wildman–Crippen MR) is 202 cm³/mol. The van der Waals surface area contributed by atoms with Crippen LogP contribution in [0.5, 0.6) is 0 Å². The number of hydrogen-bond acceptors (Lipinski definition) is 8. The molecule has 51 heavy (non-hydrogen) atoms. The molecular weight excluding hydrogens is 720 g/mol. The Bertz CT molecular complexity index is 1330. The van der Waals surface area contributed by atoms with E-state index in [-0.39, 0.29) is 6.04 Å². The molecular formula is C38H67BrN4O8+4. The summed E-state index contributed by atoms with van der Waals surface area (Å²) in [6.45, 7) is 6.45. The van der Waals surface area contributed by atoms with Gasteiger partial charge < -0.3 is 57.3 Å². The van der Waals surface area contributed by atoms with Crippen molar-refractivity contribution in [1.82, 2.24) is 0 Å². The van der Waals surface area contributed by atoms with E-state index in [1.807, 2.05) is 0 Å². The van der Waals surface area contributed by atoms with E-state index in [0.29, 0.717) is 83.4 Å². The van der Waals surface area contributed by atoms with Gasteiger partial charge in [-0.1, -0.05) is 64.5 Å². The van der Waals surface area contributed by atoms with Crippen molar-refractivity contribution in [3.05, 3.63) is 59.7 Å². The Morgan fingerprint density at radius 3 is 1.53 bits per heavy atom. The molecule has 1 aliphatic heterocycles. The van der Waals surface area contributed by atoms with Crippen LogP contribution in [0.1, 0.15) is 11.1 Å². The lowest BCUT2D eigenvalue weighted by Gasteiger charge is -2.50. The van der Waals surface area contributed by atoms with Gasteiger partial charge in [-0.2, -0.15) is 0 Å². The van der Waals surface area contributed by atoms with Crippen LogP contribution in [-0.4, -0.2) is 198 Å². The maximum absolute atomic E-state index is 11.0. The highest BCUT2D eigenvalue weighted by molar-refractivity contribution is 9.08. The van der Waals surface area contributed by atoms with Crippen LogP contribution in [-0.2, 0) is 30.7 Å². The van der Waals surface area contributed by atoms with Gasteiger partial charge in [0.05, 0.1) is 28.2 Å². The van der Waals surface area contributed by atoms with E-state index in [0.717, 1.165) is 23.9 Å². The highest BCUT2D eigenvalue weighted by Crippen LogP contribution is 2.27. The second-order valence-corrected chi connectivity index (χ2v) is 16.3. The average Bonchev–Trinajstić information content (AvgIpc) is 3.12. The topological polar surface area (TPSA) is 118 Å². The molecule has 4 N–H and O–H groups in total. The first-order valence-corrected chi connectivity index (χ1v) is 19.1. The molecule has 2 aromatic rings. The lowest BCUT2D eigenvalue weighted by molar-refractivity contribution is -1.03. The predicted octanol–water partition coefficient (Wildman–Crippen LogP) is 1.82. The van der Waals surface area contributed by atoms with Crippen molar-refractivity contribution in [3.8, 4) is 11.1 Å². The monoisotopic (exact) mass is 786 g/mol. The standard InChI is InChI=1S/C38H67BrN4O8/c1-40(26-35(44)48-5)16-17-41(2,27-36(45)49-6)20-21-43(4,29-38(47)51-8)34(25-42(3,19-18-40)28-37(46)50-7)23-30-12-14-32(15-13-30)33-11-9-10-31(22-33)24-39/h9-15,22,34-38,44-47H,16-21,23-29H2,1-8H3/q+4. The van der Waals surface area contributed by atoms with Crippen LogP contribution < -0.4 is 0 Å². The smallest absolute Gasteiger partial charge is 0.204 e. The van der Waals surface area contributed by atoms with Crippen LogP contribution in [0, 0.1) is 0 Å². The summed E-state index contributed by atoms with van der Waals surface area (Å²) in [5.74, 6) is 0. The summed E-state index contributed by atoms with van der Waals surface area (Å²) in [7, 11) is 14.7. The highest BCUT2D eigenvalue weighted by Gasteiger charge is 2.45. The molecule has 1 aliphatic rings. The van der Waals surface area contributed by atoms with Crippen LogP contribution in [0.25, 0.3) is 11.1 Å². The van der Waals surface area contributed by atoms with Crippen molar-refractivity contribution >= 4 is 15.9 Å². The van der Waals surface area contributed by atoms with E-state index < -0.39 is 25.2 Å². The minimum Gasteiger partial charge on any atom is -0.364 e. The number of rotatable bonds is 16. The van der Waals surface area contributed by atoms with E-state index in [4.69, 9.17) is 18.9 Å². The summed E-state index contributed by atoms with van der Waals surface area (Å²) in [6, 6.07) is 17.3. The fraction of sp³-hybridized carbons (Fsp3) is 0.684. The molecule has 0 saturated carbocycles. The largest absolute Gasteiger partial charge is 0.364 e. The van der Waals surface area contributed by atoms with E-state index in [9.17, 15) is 20.4 Å². The summed E-state index contributed by atoms with van der Waals surface area (Å²) in [6.07, 6.45) is -3.07. The summed E-state index contributed by atoms with van der Waals surface area (Å²) in [4.78, 5) is 0. The number of benzene rings is 2. The van der Waals surface area contributed by atoms with Crippen LogP contribution in [0.2, 0.25) is 0 Å². The summed E-state index contributed by atoms with van der Waals surface area (Å²) in [5.41, 5.74) is 4.72. The van der Waals surface area contributed by atoms with Crippen molar-refractivity contribution in [2.24, 2.45) is 0 Å². The molecule has 1 fully saturated rings. The first-order valence-electron chi connectivity index (χ1n) is 18.0. The van der Waals surface area contributed by atoms with Crippen LogP contribution >= 0.6 is 15.9 Å². The van der Waals surface area contributed by atoms with Crippen LogP contribution in [0.3, 0.4) is 0 Å². The lowest BCUT2D eigenvalue weighted by atomic mass is 9.97. The van der Waals surface area contributed by atoms with Crippen molar-refractivity contribution in [2.45, 2.75) is 43.0 Å². The van der Waals surface area contributed by atoms with Gasteiger partial charge >= 0.3 is 0 Å². The van der Waals surface area contributed by atoms with Gasteiger partial charge in [-0.15, -0.1) is 0 Å². The number of aliphatic hydroxyl groups excluding tert-OH is 4. The van der Waals surface area contributed by atoms with E-state index in [1.165, 1.54) is 45.1 Å². The lowest BCUT2D eigenvalue weighted by Crippen LogP contribution is -2.69. The maximum Gasteiger partial charge on any atom is 0.204 e. The Morgan fingerprint density at radius 1 is 0.588 bits per heavy atom. The zero-order valence-corrected chi connectivity index (χ0v) is 33.9. The maximum atomic E-state index is 11.0. The summed E-state index contributed by atoms with van der Waals surface area (Å²) < 4.78 is 23.7. The second-order valence-electron chi connectivity index (χ2n) is 15.7. The number of hydrogen-bond donors (Lipinski definition) is 4.